The maximum Gasteiger partial charge on any atom is 0.133 e. The summed E-state index contributed by atoms with van der Waals surface area (Å²) in [7, 11) is 0. The fourth-order valence-electron chi connectivity index (χ4n) is 3.22. The van der Waals surface area contributed by atoms with E-state index in [9.17, 15) is 10.2 Å². The molecule has 1 aliphatic rings. The van der Waals surface area contributed by atoms with Crippen LogP contribution in [-0.2, 0) is 33.6 Å². The second kappa shape index (κ2) is 14.0. The molecule has 0 unspecified atom stereocenters. The van der Waals surface area contributed by atoms with Gasteiger partial charge >= 0.3 is 0 Å². The minimum atomic E-state index is 0. The summed E-state index contributed by atoms with van der Waals surface area (Å²) >= 11 is 0. The van der Waals surface area contributed by atoms with Gasteiger partial charge in [0.15, 0.2) is 0 Å². The number of hydrogen-bond acceptors (Lipinski definition) is 6. The summed E-state index contributed by atoms with van der Waals surface area (Å²) in [4.78, 5) is 17.7. The summed E-state index contributed by atoms with van der Waals surface area (Å²) < 4.78 is 0. The molecule has 1 heterocycles. The molecule has 0 aliphatic carbocycles. The van der Waals surface area contributed by atoms with E-state index >= 15 is 0 Å². The number of fused-ring (bicyclic) bond motifs is 4. The Morgan fingerprint density at radius 3 is 1.03 bits per heavy atom. The molecular weight excluding hydrogens is 494 g/mol. The number of aromatic hydroxyl groups is 2. The molecule has 0 saturated carbocycles. The summed E-state index contributed by atoms with van der Waals surface area (Å²) in [6.07, 6.45) is 8.36. The molecule has 2 radical (unpaired) electrons. The zero-order chi connectivity index (χ0) is 21.3. The van der Waals surface area contributed by atoms with Gasteiger partial charge in [0.05, 0.1) is 0 Å². The Labute approximate surface area is 210 Å². The van der Waals surface area contributed by atoms with Crippen molar-refractivity contribution in [2.75, 3.05) is 26.2 Å². The van der Waals surface area contributed by atoms with Crippen molar-refractivity contribution in [2.45, 2.75) is 26.7 Å². The average molecular weight is 522 g/mol. The molecule has 32 heavy (non-hydrogen) atoms. The predicted octanol–water partition coefficient (Wildman–Crippen LogP) is 3.88. The van der Waals surface area contributed by atoms with Crippen molar-refractivity contribution >= 4 is 24.9 Å². The van der Waals surface area contributed by atoms with Crippen molar-refractivity contribution in [3.63, 3.8) is 0 Å². The van der Waals surface area contributed by atoms with Crippen LogP contribution in [0.15, 0.2) is 44.2 Å². The fourth-order valence-corrected chi connectivity index (χ4v) is 3.22. The van der Waals surface area contributed by atoms with E-state index in [1.807, 2.05) is 38.1 Å². The van der Waals surface area contributed by atoms with Crippen LogP contribution in [0.3, 0.4) is 0 Å². The Bertz CT molecular complexity index is 866. The van der Waals surface area contributed by atoms with Gasteiger partial charge in [0.2, 0.25) is 0 Å². The maximum atomic E-state index is 10.5. The second-order valence-electron chi connectivity index (χ2n) is 7.43. The standard InChI is InChI=1S/C24H28N4O2.2Co/c1-17-9-19-13-25-5-3-7-27-15-21-11-18(2)12-22(24(21)30)16-28-8-4-6-26-14-20(10-17)23(19)29;;/h9-16,29-30H,3-8H2,1-2H3;;. The number of hydrogen-bond donors (Lipinski definition) is 2. The third-order valence-electron chi connectivity index (χ3n) is 4.70. The average Bonchev–Trinajstić information content (AvgIpc) is 2.71. The third kappa shape index (κ3) is 8.01. The Morgan fingerprint density at radius 1 is 0.531 bits per heavy atom. The fraction of sp³-hybridized carbons (Fsp3) is 0.333. The van der Waals surface area contributed by atoms with Gasteiger partial charge in [-0.25, -0.2) is 0 Å². The number of phenolic OH excluding ortho intramolecular Hbond substituents is 2. The van der Waals surface area contributed by atoms with Crippen LogP contribution >= 0.6 is 0 Å². The Kier molecular flexibility index (Phi) is 12.1. The molecule has 2 aromatic rings. The first-order chi connectivity index (χ1) is 14.5. The van der Waals surface area contributed by atoms with E-state index in [2.05, 4.69) is 20.0 Å². The number of aliphatic imine (C=N–C) groups is 4. The predicted molar refractivity (Wildman–Crippen MR) is 125 cm³/mol. The number of phenols is 2. The third-order valence-corrected chi connectivity index (χ3v) is 4.70. The van der Waals surface area contributed by atoms with Crippen LogP contribution in [0.4, 0.5) is 0 Å². The van der Waals surface area contributed by atoms with E-state index < -0.39 is 0 Å². The molecular formula is C24H28Co2N4O2. The van der Waals surface area contributed by atoms with Crippen molar-refractivity contribution in [2.24, 2.45) is 20.0 Å². The van der Waals surface area contributed by atoms with Gasteiger partial charge in [-0.05, 0) is 62.1 Å². The minimum Gasteiger partial charge on any atom is -0.507 e. The molecule has 0 atom stereocenters. The van der Waals surface area contributed by atoms with Crippen molar-refractivity contribution in [3.05, 3.63) is 57.6 Å². The molecule has 6 nitrogen and oxygen atoms in total. The molecule has 0 fully saturated rings. The molecule has 0 spiro atoms. The summed E-state index contributed by atoms with van der Waals surface area (Å²) in [5.41, 5.74) is 4.85. The van der Waals surface area contributed by atoms with Crippen molar-refractivity contribution < 1.29 is 43.8 Å². The molecule has 2 N–H and O–H groups in total. The zero-order valence-electron chi connectivity index (χ0n) is 18.2. The molecule has 0 amide bonds. The quantitative estimate of drug-likeness (QED) is 0.550. The summed E-state index contributed by atoms with van der Waals surface area (Å²) in [6, 6.07) is 7.64. The van der Waals surface area contributed by atoms with Gasteiger partial charge in [0.1, 0.15) is 11.5 Å². The van der Waals surface area contributed by atoms with Crippen molar-refractivity contribution in [1.29, 1.82) is 0 Å². The molecule has 174 valence electrons. The first-order valence-corrected chi connectivity index (χ1v) is 10.2. The smallest absolute Gasteiger partial charge is 0.133 e. The summed E-state index contributed by atoms with van der Waals surface area (Å²) in [5, 5.41) is 21.0. The normalized spacial score (nSPS) is 14.3. The van der Waals surface area contributed by atoms with E-state index in [1.54, 1.807) is 24.9 Å². The van der Waals surface area contributed by atoms with Gasteiger partial charge in [0.25, 0.3) is 0 Å². The van der Waals surface area contributed by atoms with Gasteiger partial charge in [0, 0.05) is 107 Å². The van der Waals surface area contributed by atoms with E-state index in [0.29, 0.717) is 48.4 Å². The second-order valence-corrected chi connectivity index (χ2v) is 7.43. The minimum absolute atomic E-state index is 0. The SMILES string of the molecule is Cc1cc2c(O)c(c1)C=NCCCN=Cc1cc(C)cc(c1O)C=NCCCN=C2.[Co].[Co]. The monoisotopic (exact) mass is 522 g/mol. The molecule has 3 rings (SSSR count). The topological polar surface area (TPSA) is 89.9 Å². The van der Waals surface area contributed by atoms with Crippen LogP contribution in [0.2, 0.25) is 0 Å². The molecule has 4 bridgehead atoms. The van der Waals surface area contributed by atoms with Gasteiger partial charge in [-0.3, -0.25) is 20.0 Å². The molecule has 0 aromatic heterocycles. The van der Waals surface area contributed by atoms with Crippen LogP contribution in [0.25, 0.3) is 0 Å². The Hall–Kier alpha value is -2.27. The Morgan fingerprint density at radius 2 is 0.781 bits per heavy atom. The number of rotatable bonds is 0. The van der Waals surface area contributed by atoms with Gasteiger partial charge in [-0.2, -0.15) is 0 Å². The van der Waals surface area contributed by atoms with Crippen LogP contribution in [0.1, 0.15) is 46.2 Å². The van der Waals surface area contributed by atoms with Crippen molar-refractivity contribution in [1.82, 2.24) is 0 Å². The number of nitrogens with zero attached hydrogens (tertiary/aromatic N) is 4. The van der Waals surface area contributed by atoms with Crippen LogP contribution in [0.5, 0.6) is 11.5 Å². The van der Waals surface area contributed by atoms with Crippen molar-refractivity contribution in [3.8, 4) is 11.5 Å². The van der Waals surface area contributed by atoms with Crippen LogP contribution in [-0.4, -0.2) is 61.3 Å². The Balaban J connectivity index is 0.00000256. The molecule has 1 aliphatic heterocycles. The van der Waals surface area contributed by atoms with Gasteiger partial charge < -0.3 is 10.2 Å². The number of benzene rings is 2. The molecule has 0 saturated heterocycles. The van der Waals surface area contributed by atoms with Gasteiger partial charge in [-0.15, -0.1) is 0 Å². The van der Waals surface area contributed by atoms with E-state index in [1.165, 1.54) is 0 Å². The van der Waals surface area contributed by atoms with Crippen LogP contribution in [0, 0.1) is 13.8 Å². The number of aryl methyl sites for hydroxylation is 2. The summed E-state index contributed by atoms with van der Waals surface area (Å²) in [6.45, 7) is 6.39. The van der Waals surface area contributed by atoms with E-state index in [0.717, 1.165) is 24.0 Å². The molecule has 2 aromatic carbocycles. The largest absolute Gasteiger partial charge is 0.507 e. The van der Waals surface area contributed by atoms with Crippen LogP contribution < -0.4 is 0 Å². The first kappa shape index (κ1) is 27.8. The zero-order valence-corrected chi connectivity index (χ0v) is 20.3. The van der Waals surface area contributed by atoms with E-state index in [4.69, 9.17) is 0 Å². The maximum absolute atomic E-state index is 10.5. The summed E-state index contributed by atoms with van der Waals surface area (Å²) in [5.74, 6) is 0.394. The van der Waals surface area contributed by atoms with E-state index in [-0.39, 0.29) is 45.1 Å². The first-order valence-electron chi connectivity index (χ1n) is 10.2. The van der Waals surface area contributed by atoms with Gasteiger partial charge in [-0.1, -0.05) is 0 Å². The molecule has 8 heteroatoms.